The van der Waals surface area contributed by atoms with E-state index in [0.717, 1.165) is 38.5 Å². The van der Waals surface area contributed by atoms with Gasteiger partial charge in [0.2, 0.25) is 0 Å². The minimum atomic E-state index is 0.288. The van der Waals surface area contributed by atoms with Gasteiger partial charge in [0.05, 0.1) is 0 Å². The second kappa shape index (κ2) is 5.64. The Morgan fingerprint density at radius 2 is 1.89 bits per heavy atom. The van der Waals surface area contributed by atoms with Crippen LogP contribution in [0.3, 0.4) is 0 Å². The van der Waals surface area contributed by atoms with Crippen LogP contribution in [0.15, 0.2) is 30.3 Å². The van der Waals surface area contributed by atoms with Crippen LogP contribution in [0.1, 0.15) is 38.2 Å². The topological polar surface area (TPSA) is 21.3 Å². The molecule has 1 unspecified atom stereocenters. The van der Waals surface area contributed by atoms with Crippen LogP contribution in [0.5, 0.6) is 0 Å². The van der Waals surface area contributed by atoms with E-state index in [4.69, 9.17) is 4.74 Å². The molecule has 2 aliphatic rings. The lowest BCUT2D eigenvalue weighted by Gasteiger charge is -2.45. The van der Waals surface area contributed by atoms with Crippen molar-refractivity contribution in [2.45, 2.75) is 44.1 Å². The normalized spacial score (nSPS) is 24.1. The van der Waals surface area contributed by atoms with Crippen molar-refractivity contribution in [2.75, 3.05) is 19.8 Å². The molecule has 0 aromatic heterocycles. The zero-order valence-corrected chi connectivity index (χ0v) is 11.9. The third-order valence-corrected chi connectivity index (χ3v) is 4.85. The first-order valence-electron chi connectivity index (χ1n) is 7.73. The van der Waals surface area contributed by atoms with Crippen LogP contribution >= 0.6 is 0 Å². The largest absolute Gasteiger partial charge is 0.381 e. The van der Waals surface area contributed by atoms with Crippen LogP contribution in [0.25, 0.3) is 0 Å². The summed E-state index contributed by atoms with van der Waals surface area (Å²) >= 11 is 0. The van der Waals surface area contributed by atoms with Gasteiger partial charge < -0.3 is 10.1 Å². The first-order chi connectivity index (χ1) is 9.37. The van der Waals surface area contributed by atoms with E-state index in [1.807, 2.05) is 0 Å². The minimum absolute atomic E-state index is 0.288. The van der Waals surface area contributed by atoms with Gasteiger partial charge in [-0.3, -0.25) is 0 Å². The summed E-state index contributed by atoms with van der Waals surface area (Å²) in [5.41, 5.74) is 1.80. The van der Waals surface area contributed by atoms with Crippen molar-refractivity contribution in [1.82, 2.24) is 5.32 Å². The maximum absolute atomic E-state index is 5.65. The van der Waals surface area contributed by atoms with Gasteiger partial charge in [-0.25, -0.2) is 0 Å². The molecule has 0 bridgehead atoms. The molecule has 1 aromatic rings. The maximum atomic E-state index is 5.65. The Morgan fingerprint density at radius 3 is 2.47 bits per heavy atom. The van der Waals surface area contributed by atoms with E-state index in [0.29, 0.717) is 6.04 Å². The quantitative estimate of drug-likeness (QED) is 0.877. The Labute approximate surface area is 116 Å². The molecule has 1 atom stereocenters. The van der Waals surface area contributed by atoms with Crippen LogP contribution in [0.4, 0.5) is 0 Å². The summed E-state index contributed by atoms with van der Waals surface area (Å²) in [5.74, 6) is 0.873. The summed E-state index contributed by atoms with van der Waals surface area (Å²) in [4.78, 5) is 0. The molecule has 1 aromatic carbocycles. The van der Waals surface area contributed by atoms with Crippen molar-refractivity contribution in [3.8, 4) is 0 Å². The van der Waals surface area contributed by atoms with E-state index < -0.39 is 0 Å². The van der Waals surface area contributed by atoms with Gasteiger partial charge in [0.15, 0.2) is 0 Å². The summed E-state index contributed by atoms with van der Waals surface area (Å²) in [5, 5.41) is 3.80. The van der Waals surface area contributed by atoms with Crippen LogP contribution < -0.4 is 5.32 Å². The Bertz CT molecular complexity index is 393. The molecule has 0 spiro atoms. The van der Waals surface area contributed by atoms with Crippen molar-refractivity contribution in [1.29, 1.82) is 0 Å². The fourth-order valence-electron chi connectivity index (χ4n) is 3.75. The third-order valence-electron chi connectivity index (χ3n) is 4.85. The highest BCUT2D eigenvalue weighted by Gasteiger charge is 2.47. The molecule has 1 saturated carbocycles. The fraction of sp³-hybridized carbons (Fsp3) is 0.647. The van der Waals surface area contributed by atoms with Crippen molar-refractivity contribution in [3.05, 3.63) is 35.9 Å². The van der Waals surface area contributed by atoms with E-state index in [-0.39, 0.29) is 5.41 Å². The molecule has 2 fully saturated rings. The van der Waals surface area contributed by atoms with Crippen molar-refractivity contribution in [2.24, 2.45) is 5.92 Å². The zero-order valence-electron chi connectivity index (χ0n) is 11.9. The van der Waals surface area contributed by atoms with E-state index in [1.54, 1.807) is 0 Å². The summed E-state index contributed by atoms with van der Waals surface area (Å²) in [6, 6.07) is 11.8. The molecular weight excluding hydrogens is 234 g/mol. The molecule has 0 radical (unpaired) electrons. The van der Waals surface area contributed by atoms with Crippen molar-refractivity contribution >= 4 is 0 Å². The monoisotopic (exact) mass is 259 g/mol. The summed E-state index contributed by atoms with van der Waals surface area (Å²) in [6.45, 7) is 5.11. The van der Waals surface area contributed by atoms with Crippen LogP contribution in [-0.4, -0.2) is 25.8 Å². The Hall–Kier alpha value is -0.860. The first-order valence-corrected chi connectivity index (χ1v) is 7.73. The van der Waals surface area contributed by atoms with Gasteiger partial charge in [0, 0.05) is 24.7 Å². The summed E-state index contributed by atoms with van der Waals surface area (Å²) < 4.78 is 5.65. The summed E-state index contributed by atoms with van der Waals surface area (Å²) in [7, 11) is 0. The van der Waals surface area contributed by atoms with E-state index in [9.17, 15) is 0 Å². The number of hydrogen-bond acceptors (Lipinski definition) is 2. The molecular formula is C17H25NO. The van der Waals surface area contributed by atoms with Gasteiger partial charge in [-0.15, -0.1) is 0 Å². The summed E-state index contributed by atoms with van der Waals surface area (Å²) in [6.07, 6.45) is 5.11. The smallest absolute Gasteiger partial charge is 0.0475 e. The first kappa shape index (κ1) is 13.1. The molecule has 1 aliphatic carbocycles. The molecule has 3 rings (SSSR count). The number of likely N-dealkylation sites (N-methyl/N-ethyl adjacent to an activating group) is 1. The fourth-order valence-corrected chi connectivity index (χ4v) is 3.75. The highest BCUT2D eigenvalue weighted by atomic mass is 16.5. The van der Waals surface area contributed by atoms with Gasteiger partial charge in [-0.1, -0.05) is 37.3 Å². The van der Waals surface area contributed by atoms with Gasteiger partial charge >= 0.3 is 0 Å². The average molecular weight is 259 g/mol. The Morgan fingerprint density at radius 1 is 1.21 bits per heavy atom. The molecule has 0 amide bonds. The number of rotatable bonds is 5. The highest BCUT2D eigenvalue weighted by molar-refractivity contribution is 5.29. The zero-order chi connectivity index (χ0) is 13.1. The third kappa shape index (κ3) is 2.56. The van der Waals surface area contributed by atoms with E-state index in [2.05, 4.69) is 42.6 Å². The van der Waals surface area contributed by atoms with Crippen LogP contribution in [0, 0.1) is 5.92 Å². The molecule has 104 valence electrons. The number of ether oxygens (including phenoxy) is 1. The van der Waals surface area contributed by atoms with E-state index >= 15 is 0 Å². The maximum Gasteiger partial charge on any atom is 0.0475 e. The lowest BCUT2D eigenvalue weighted by atomic mass is 9.67. The molecule has 1 saturated heterocycles. The Balaban J connectivity index is 1.95. The predicted octanol–water partition coefficient (Wildman–Crippen LogP) is 3.12. The van der Waals surface area contributed by atoms with E-state index in [1.165, 1.54) is 18.4 Å². The lowest BCUT2D eigenvalue weighted by Crippen LogP contribution is -2.52. The molecule has 2 heteroatoms. The number of nitrogens with one attached hydrogen (secondary N) is 1. The second-order valence-corrected chi connectivity index (χ2v) is 6.01. The van der Waals surface area contributed by atoms with Gasteiger partial charge in [0.1, 0.15) is 0 Å². The lowest BCUT2D eigenvalue weighted by molar-refractivity contribution is 0.0309. The van der Waals surface area contributed by atoms with Gasteiger partial charge in [-0.05, 0) is 43.7 Å². The van der Waals surface area contributed by atoms with Crippen LogP contribution in [0.2, 0.25) is 0 Å². The SMILES string of the molecule is CCNC(C1CC1)C1(c2ccccc2)CCOCC1. The van der Waals surface area contributed by atoms with Gasteiger partial charge in [-0.2, -0.15) is 0 Å². The Kier molecular flexibility index (Phi) is 3.90. The number of hydrogen-bond donors (Lipinski definition) is 1. The average Bonchev–Trinajstić information content (AvgIpc) is 3.31. The molecule has 19 heavy (non-hydrogen) atoms. The molecule has 1 heterocycles. The molecule has 2 nitrogen and oxygen atoms in total. The van der Waals surface area contributed by atoms with Crippen molar-refractivity contribution < 1.29 is 4.74 Å². The number of benzene rings is 1. The molecule has 1 aliphatic heterocycles. The predicted molar refractivity (Wildman–Crippen MR) is 78.4 cm³/mol. The highest BCUT2D eigenvalue weighted by Crippen LogP contribution is 2.47. The standard InChI is InChI=1S/C17H25NO/c1-2-18-16(14-8-9-14)17(10-12-19-13-11-17)15-6-4-3-5-7-15/h3-7,14,16,18H,2,8-13H2,1H3. The van der Waals surface area contributed by atoms with Gasteiger partial charge in [0.25, 0.3) is 0 Å². The molecule has 1 N–H and O–H groups in total. The van der Waals surface area contributed by atoms with Crippen molar-refractivity contribution in [3.63, 3.8) is 0 Å². The second-order valence-electron chi connectivity index (χ2n) is 6.01. The minimum Gasteiger partial charge on any atom is -0.381 e. The van der Waals surface area contributed by atoms with Crippen LogP contribution in [-0.2, 0) is 10.2 Å².